The maximum absolute atomic E-state index is 13.7. The van der Waals surface area contributed by atoms with Crippen molar-refractivity contribution in [2.75, 3.05) is 13.7 Å². The minimum atomic E-state index is -1.28. The summed E-state index contributed by atoms with van der Waals surface area (Å²) in [6.45, 7) is 1.98. The fourth-order valence-corrected chi connectivity index (χ4v) is 2.96. The fourth-order valence-electron chi connectivity index (χ4n) is 2.96. The molecule has 1 heterocycles. The standard InChI is InChI=1S/C23H23FN2O5/c1-3-30-23(28)19(27)12-15-6-4-5-7-20(15)31-14-17-10-11-25-22(26-17)18-13-16(24)8-9-21(18)29-2/h4-11,13,19,27H,3,12,14H2,1-2H3/t19-/m0/s1. The lowest BCUT2D eigenvalue weighted by atomic mass is 10.1. The van der Waals surface area contributed by atoms with Crippen LogP contribution < -0.4 is 9.47 Å². The number of ether oxygens (including phenoxy) is 3. The van der Waals surface area contributed by atoms with Gasteiger partial charge in [-0.15, -0.1) is 0 Å². The summed E-state index contributed by atoms with van der Waals surface area (Å²) in [5.41, 5.74) is 1.66. The van der Waals surface area contributed by atoms with E-state index in [-0.39, 0.29) is 19.6 Å². The molecule has 0 amide bonds. The van der Waals surface area contributed by atoms with Gasteiger partial charge in [-0.1, -0.05) is 18.2 Å². The summed E-state index contributed by atoms with van der Waals surface area (Å²) < 4.78 is 29.7. The number of methoxy groups -OCH3 is 1. The zero-order chi connectivity index (χ0) is 22.2. The molecule has 0 aliphatic rings. The number of hydrogen-bond donors (Lipinski definition) is 1. The number of hydrogen-bond acceptors (Lipinski definition) is 7. The van der Waals surface area contributed by atoms with Gasteiger partial charge in [0.2, 0.25) is 0 Å². The molecule has 0 bridgehead atoms. The van der Waals surface area contributed by atoms with Crippen LogP contribution in [0.25, 0.3) is 11.4 Å². The van der Waals surface area contributed by atoms with Gasteiger partial charge < -0.3 is 19.3 Å². The molecule has 0 unspecified atom stereocenters. The highest BCUT2D eigenvalue weighted by Gasteiger charge is 2.19. The van der Waals surface area contributed by atoms with Crippen molar-refractivity contribution in [3.05, 3.63) is 71.8 Å². The average molecular weight is 426 g/mol. The van der Waals surface area contributed by atoms with Gasteiger partial charge in [0.05, 0.1) is 25.0 Å². The Morgan fingerprint density at radius 1 is 1.16 bits per heavy atom. The number of aliphatic hydroxyl groups is 1. The second-order valence-corrected chi connectivity index (χ2v) is 6.58. The van der Waals surface area contributed by atoms with Crippen LogP contribution in [0.15, 0.2) is 54.7 Å². The van der Waals surface area contributed by atoms with E-state index in [0.717, 1.165) is 0 Å². The smallest absolute Gasteiger partial charge is 0.335 e. The molecule has 0 aliphatic heterocycles. The average Bonchev–Trinajstić information content (AvgIpc) is 2.78. The lowest BCUT2D eigenvalue weighted by Crippen LogP contribution is -2.25. The Bertz CT molecular complexity index is 1040. The molecule has 2 aromatic carbocycles. The summed E-state index contributed by atoms with van der Waals surface area (Å²) in [5.74, 6) is 0.174. The van der Waals surface area contributed by atoms with Crippen LogP contribution in [0.4, 0.5) is 4.39 Å². The van der Waals surface area contributed by atoms with Gasteiger partial charge in [0.15, 0.2) is 11.9 Å². The summed E-state index contributed by atoms with van der Waals surface area (Å²) in [7, 11) is 1.49. The van der Waals surface area contributed by atoms with Crippen LogP contribution in [0.5, 0.6) is 11.5 Å². The molecule has 8 heteroatoms. The highest BCUT2D eigenvalue weighted by atomic mass is 19.1. The Labute approximate surface area is 179 Å². The molecule has 1 N–H and O–H groups in total. The number of carbonyl (C=O) groups is 1. The number of carbonyl (C=O) groups excluding carboxylic acids is 1. The topological polar surface area (TPSA) is 90.8 Å². The molecule has 0 fully saturated rings. The zero-order valence-corrected chi connectivity index (χ0v) is 17.2. The Morgan fingerprint density at radius 2 is 1.97 bits per heavy atom. The highest BCUT2D eigenvalue weighted by molar-refractivity contribution is 5.74. The molecule has 1 atom stereocenters. The Morgan fingerprint density at radius 3 is 2.74 bits per heavy atom. The van der Waals surface area contributed by atoms with Crippen LogP contribution in [0, 0.1) is 5.82 Å². The predicted molar refractivity (Wildman–Crippen MR) is 111 cm³/mol. The third-order valence-electron chi connectivity index (χ3n) is 4.44. The number of rotatable bonds is 9. The van der Waals surface area contributed by atoms with E-state index < -0.39 is 17.9 Å². The molecule has 0 saturated carbocycles. The second-order valence-electron chi connectivity index (χ2n) is 6.58. The third-order valence-corrected chi connectivity index (χ3v) is 4.44. The molecular formula is C23H23FN2O5. The number of esters is 1. The molecule has 0 aliphatic carbocycles. The first-order valence-corrected chi connectivity index (χ1v) is 9.73. The minimum Gasteiger partial charge on any atom is -0.496 e. The number of benzene rings is 2. The van der Waals surface area contributed by atoms with Crippen LogP contribution in [0.3, 0.4) is 0 Å². The molecule has 31 heavy (non-hydrogen) atoms. The zero-order valence-electron chi connectivity index (χ0n) is 17.2. The van der Waals surface area contributed by atoms with Crippen LogP contribution >= 0.6 is 0 Å². The Kier molecular flexibility index (Phi) is 7.50. The van der Waals surface area contributed by atoms with Crippen molar-refractivity contribution in [2.24, 2.45) is 0 Å². The molecule has 0 spiro atoms. The number of nitrogens with zero attached hydrogens (tertiary/aromatic N) is 2. The summed E-state index contributed by atoms with van der Waals surface area (Å²) in [5, 5.41) is 10.1. The minimum absolute atomic E-state index is 0.0600. The number of aliphatic hydroxyl groups excluding tert-OH is 1. The van der Waals surface area contributed by atoms with E-state index in [4.69, 9.17) is 14.2 Å². The second kappa shape index (κ2) is 10.5. The van der Waals surface area contributed by atoms with Crippen LogP contribution in [-0.2, 0) is 22.6 Å². The van der Waals surface area contributed by atoms with Crippen LogP contribution in [-0.4, -0.2) is 40.9 Å². The first-order chi connectivity index (χ1) is 15.0. The number of aromatic nitrogens is 2. The van der Waals surface area contributed by atoms with Crippen molar-refractivity contribution in [1.82, 2.24) is 9.97 Å². The van der Waals surface area contributed by atoms with Crippen LogP contribution in [0.1, 0.15) is 18.2 Å². The van der Waals surface area contributed by atoms with E-state index >= 15 is 0 Å². The summed E-state index contributed by atoms with van der Waals surface area (Å²) >= 11 is 0. The summed E-state index contributed by atoms with van der Waals surface area (Å²) in [6.07, 6.45) is 0.336. The Hall–Kier alpha value is -3.52. The highest BCUT2D eigenvalue weighted by Crippen LogP contribution is 2.28. The Balaban J connectivity index is 1.75. The maximum atomic E-state index is 13.7. The van der Waals surface area contributed by atoms with Gasteiger partial charge in [-0.25, -0.2) is 19.2 Å². The van der Waals surface area contributed by atoms with Crippen molar-refractivity contribution in [3.8, 4) is 22.9 Å². The molecule has 1 aromatic heterocycles. The van der Waals surface area contributed by atoms with Gasteiger partial charge in [0.1, 0.15) is 23.9 Å². The maximum Gasteiger partial charge on any atom is 0.335 e. The number of halogens is 1. The van der Waals surface area contributed by atoms with Gasteiger partial charge in [-0.2, -0.15) is 0 Å². The van der Waals surface area contributed by atoms with E-state index in [0.29, 0.717) is 34.1 Å². The molecular weight excluding hydrogens is 403 g/mol. The van der Waals surface area contributed by atoms with Gasteiger partial charge >= 0.3 is 5.97 Å². The number of para-hydroxylation sites is 1. The normalized spacial score (nSPS) is 11.6. The third kappa shape index (κ3) is 5.76. The van der Waals surface area contributed by atoms with Gasteiger partial charge in [-0.05, 0) is 42.8 Å². The monoisotopic (exact) mass is 426 g/mol. The van der Waals surface area contributed by atoms with E-state index in [1.165, 1.54) is 25.3 Å². The molecule has 3 rings (SSSR count). The fraction of sp³-hybridized carbons (Fsp3) is 0.261. The van der Waals surface area contributed by atoms with Crippen LogP contribution in [0.2, 0.25) is 0 Å². The van der Waals surface area contributed by atoms with Gasteiger partial charge in [-0.3, -0.25) is 0 Å². The van der Waals surface area contributed by atoms with E-state index in [1.807, 2.05) is 0 Å². The molecule has 0 radical (unpaired) electrons. The SMILES string of the molecule is CCOC(=O)[C@@H](O)Cc1ccccc1OCc1ccnc(-c2cc(F)ccc2OC)n1. The molecule has 0 saturated heterocycles. The predicted octanol–water partition coefficient (Wildman–Crippen LogP) is 3.34. The summed E-state index contributed by atoms with van der Waals surface area (Å²) in [4.78, 5) is 20.4. The van der Waals surface area contributed by atoms with Gasteiger partial charge in [0, 0.05) is 12.6 Å². The van der Waals surface area contributed by atoms with Crippen molar-refractivity contribution in [3.63, 3.8) is 0 Å². The van der Waals surface area contributed by atoms with Crippen molar-refractivity contribution < 1.29 is 28.5 Å². The van der Waals surface area contributed by atoms with Crippen molar-refractivity contribution in [1.29, 1.82) is 0 Å². The van der Waals surface area contributed by atoms with Gasteiger partial charge in [0.25, 0.3) is 0 Å². The summed E-state index contributed by atoms with van der Waals surface area (Å²) in [6, 6.07) is 12.9. The largest absolute Gasteiger partial charge is 0.496 e. The molecule has 3 aromatic rings. The first kappa shape index (κ1) is 22.2. The van der Waals surface area contributed by atoms with Crippen molar-refractivity contribution in [2.45, 2.75) is 26.1 Å². The lowest BCUT2D eigenvalue weighted by Gasteiger charge is -2.14. The quantitative estimate of drug-likeness (QED) is 0.525. The van der Waals surface area contributed by atoms with E-state index in [2.05, 4.69) is 9.97 Å². The van der Waals surface area contributed by atoms with E-state index in [9.17, 15) is 14.3 Å². The lowest BCUT2D eigenvalue weighted by molar-refractivity contribution is -0.152. The molecule has 162 valence electrons. The van der Waals surface area contributed by atoms with E-state index in [1.54, 1.807) is 43.5 Å². The molecule has 7 nitrogen and oxygen atoms in total. The first-order valence-electron chi connectivity index (χ1n) is 9.73. The van der Waals surface area contributed by atoms with Crippen molar-refractivity contribution >= 4 is 5.97 Å².